The van der Waals surface area contributed by atoms with E-state index in [4.69, 9.17) is 4.42 Å². The zero-order valence-electron chi connectivity index (χ0n) is 9.99. The summed E-state index contributed by atoms with van der Waals surface area (Å²) >= 11 is 0. The number of oxazole rings is 1. The summed E-state index contributed by atoms with van der Waals surface area (Å²) in [6, 6.07) is 3.83. The van der Waals surface area contributed by atoms with Crippen molar-refractivity contribution in [2.45, 2.75) is 13.0 Å². The Kier molecular flexibility index (Phi) is 3.32. The van der Waals surface area contributed by atoms with E-state index in [0.717, 1.165) is 0 Å². The van der Waals surface area contributed by atoms with E-state index >= 15 is 0 Å². The van der Waals surface area contributed by atoms with E-state index in [2.05, 4.69) is 4.74 Å². The highest BCUT2D eigenvalue weighted by atomic mass is 16.6. The predicted molar refractivity (Wildman–Crippen MR) is 63.8 cm³/mol. The molecule has 0 bridgehead atoms. The Morgan fingerprint density at radius 3 is 2.89 bits per heavy atom. The van der Waals surface area contributed by atoms with Crippen molar-refractivity contribution in [3.63, 3.8) is 0 Å². The molecule has 1 aromatic carbocycles. The fraction of sp³-hybridized carbons (Fsp3) is 0.273. The molecular weight excluding hydrogens is 256 g/mol. The second kappa shape index (κ2) is 4.92. The van der Waals surface area contributed by atoms with Gasteiger partial charge in [-0.25, -0.2) is 4.79 Å². The topological polar surface area (TPSA) is 105 Å². The molecule has 0 aliphatic heterocycles. The van der Waals surface area contributed by atoms with Crippen LogP contribution >= 0.6 is 0 Å². The van der Waals surface area contributed by atoms with Crippen LogP contribution in [0.3, 0.4) is 0 Å². The molecule has 0 fully saturated rings. The molecule has 0 unspecified atom stereocenters. The van der Waals surface area contributed by atoms with Gasteiger partial charge >= 0.3 is 11.7 Å². The molecule has 0 saturated heterocycles. The summed E-state index contributed by atoms with van der Waals surface area (Å²) in [4.78, 5) is 32.8. The van der Waals surface area contributed by atoms with Gasteiger partial charge in [-0.3, -0.25) is 19.5 Å². The third-order valence-electron chi connectivity index (χ3n) is 2.63. The number of aromatic nitrogens is 1. The molecule has 8 heteroatoms. The van der Waals surface area contributed by atoms with E-state index in [1.807, 2.05) is 0 Å². The molecule has 0 N–H and O–H groups in total. The van der Waals surface area contributed by atoms with Crippen LogP contribution in [0.2, 0.25) is 0 Å². The molecule has 19 heavy (non-hydrogen) atoms. The van der Waals surface area contributed by atoms with Crippen molar-refractivity contribution >= 4 is 22.8 Å². The highest BCUT2D eigenvalue weighted by Gasteiger charge is 2.15. The number of non-ortho nitro benzene ring substituents is 1. The van der Waals surface area contributed by atoms with Gasteiger partial charge < -0.3 is 9.15 Å². The van der Waals surface area contributed by atoms with Crippen LogP contribution in [0.4, 0.5) is 5.69 Å². The monoisotopic (exact) mass is 266 g/mol. The van der Waals surface area contributed by atoms with Crippen LogP contribution in [0.15, 0.2) is 27.4 Å². The standard InChI is InChI=1S/C11H10N2O6/c1-18-10(14)4-5-12-8-6-7(13(16)17)2-3-9(8)19-11(12)15/h2-3,6H,4-5H2,1H3. The van der Waals surface area contributed by atoms with Crippen molar-refractivity contribution in [2.24, 2.45) is 0 Å². The van der Waals surface area contributed by atoms with Crippen LogP contribution in [0.25, 0.3) is 11.1 Å². The number of carbonyl (C=O) groups is 1. The number of esters is 1. The van der Waals surface area contributed by atoms with Crippen molar-refractivity contribution in [1.29, 1.82) is 0 Å². The van der Waals surface area contributed by atoms with Crippen LogP contribution in [0.1, 0.15) is 6.42 Å². The SMILES string of the molecule is COC(=O)CCn1c(=O)oc2ccc([N+](=O)[O-])cc21. The van der Waals surface area contributed by atoms with Gasteiger partial charge in [-0.05, 0) is 6.07 Å². The van der Waals surface area contributed by atoms with Crippen molar-refractivity contribution in [3.05, 3.63) is 38.9 Å². The number of hydrogen-bond donors (Lipinski definition) is 0. The summed E-state index contributed by atoms with van der Waals surface area (Å²) in [5, 5.41) is 10.7. The quantitative estimate of drug-likeness (QED) is 0.465. The predicted octanol–water partition coefficient (Wildman–Crippen LogP) is 1.07. The molecule has 0 radical (unpaired) electrons. The number of ether oxygens (including phenoxy) is 1. The van der Waals surface area contributed by atoms with Gasteiger partial charge in [0.1, 0.15) is 0 Å². The lowest BCUT2D eigenvalue weighted by Gasteiger charge is -2.00. The van der Waals surface area contributed by atoms with Gasteiger partial charge in [0.25, 0.3) is 5.69 Å². The number of nitro benzene ring substituents is 1. The lowest BCUT2D eigenvalue weighted by atomic mass is 10.3. The molecule has 2 rings (SSSR count). The van der Waals surface area contributed by atoms with Gasteiger partial charge in [-0.2, -0.15) is 0 Å². The summed E-state index contributed by atoms with van der Waals surface area (Å²) in [5.41, 5.74) is 0.365. The van der Waals surface area contributed by atoms with E-state index in [9.17, 15) is 19.7 Å². The summed E-state index contributed by atoms with van der Waals surface area (Å²) < 4.78 is 10.6. The summed E-state index contributed by atoms with van der Waals surface area (Å²) in [6.07, 6.45) is -0.0201. The molecule has 0 aliphatic carbocycles. The summed E-state index contributed by atoms with van der Waals surface area (Å²) in [5.74, 6) is -1.15. The minimum absolute atomic E-state index is 0.0201. The third-order valence-corrected chi connectivity index (χ3v) is 2.63. The number of fused-ring (bicyclic) bond motifs is 1. The van der Waals surface area contributed by atoms with Crippen molar-refractivity contribution < 1.29 is 18.9 Å². The van der Waals surface area contributed by atoms with E-state index in [0.29, 0.717) is 0 Å². The van der Waals surface area contributed by atoms with E-state index < -0.39 is 16.6 Å². The van der Waals surface area contributed by atoms with Gasteiger partial charge in [-0.15, -0.1) is 0 Å². The van der Waals surface area contributed by atoms with E-state index in [1.54, 1.807) is 0 Å². The first-order chi connectivity index (χ1) is 9.02. The maximum Gasteiger partial charge on any atom is 0.419 e. The van der Waals surface area contributed by atoms with Crippen LogP contribution in [0.5, 0.6) is 0 Å². The van der Waals surface area contributed by atoms with Crippen LogP contribution in [-0.4, -0.2) is 22.6 Å². The third kappa shape index (κ3) is 2.46. The second-order valence-electron chi connectivity index (χ2n) is 3.75. The first-order valence-corrected chi connectivity index (χ1v) is 5.37. The second-order valence-corrected chi connectivity index (χ2v) is 3.75. The van der Waals surface area contributed by atoms with Crippen LogP contribution in [0, 0.1) is 10.1 Å². The van der Waals surface area contributed by atoms with Crippen LogP contribution < -0.4 is 5.76 Å². The average molecular weight is 266 g/mol. The molecule has 0 amide bonds. The molecule has 1 heterocycles. The van der Waals surface area contributed by atoms with Gasteiger partial charge in [0.15, 0.2) is 5.58 Å². The summed E-state index contributed by atoms with van der Waals surface area (Å²) in [6.45, 7) is 0.0413. The zero-order valence-corrected chi connectivity index (χ0v) is 9.99. The molecule has 0 saturated carbocycles. The lowest BCUT2D eigenvalue weighted by Crippen LogP contribution is -2.17. The Labute approximate surface area is 106 Å². The normalized spacial score (nSPS) is 10.6. The number of hydrogen-bond acceptors (Lipinski definition) is 6. The number of benzene rings is 1. The molecule has 0 aliphatic rings. The fourth-order valence-corrected chi connectivity index (χ4v) is 1.68. The number of methoxy groups -OCH3 is 1. The molecule has 2 aromatic rings. The highest BCUT2D eigenvalue weighted by Crippen LogP contribution is 2.20. The number of nitro groups is 1. The number of aryl methyl sites for hydroxylation is 1. The van der Waals surface area contributed by atoms with Crippen molar-refractivity contribution in [3.8, 4) is 0 Å². The zero-order chi connectivity index (χ0) is 14.0. The number of carbonyl (C=O) groups excluding carboxylic acids is 1. The molecule has 1 aromatic heterocycles. The smallest absolute Gasteiger partial charge is 0.419 e. The van der Waals surface area contributed by atoms with Gasteiger partial charge in [-0.1, -0.05) is 0 Å². The van der Waals surface area contributed by atoms with Crippen molar-refractivity contribution in [1.82, 2.24) is 4.57 Å². The molecule has 0 spiro atoms. The Bertz CT molecular complexity index is 699. The van der Waals surface area contributed by atoms with E-state index in [1.165, 1.54) is 29.9 Å². The molecule has 100 valence electrons. The largest absolute Gasteiger partial charge is 0.469 e. The van der Waals surface area contributed by atoms with Crippen LogP contribution in [-0.2, 0) is 16.1 Å². The maximum atomic E-state index is 11.6. The minimum Gasteiger partial charge on any atom is -0.469 e. The first-order valence-electron chi connectivity index (χ1n) is 5.37. The molecule has 8 nitrogen and oxygen atoms in total. The number of nitrogens with zero attached hydrogens (tertiary/aromatic N) is 2. The lowest BCUT2D eigenvalue weighted by molar-refractivity contribution is -0.384. The Morgan fingerprint density at radius 1 is 1.53 bits per heavy atom. The molecule has 0 atom stereocenters. The van der Waals surface area contributed by atoms with E-state index in [-0.39, 0.29) is 29.8 Å². The average Bonchev–Trinajstić information content (AvgIpc) is 2.70. The number of rotatable bonds is 4. The Morgan fingerprint density at radius 2 is 2.26 bits per heavy atom. The van der Waals surface area contributed by atoms with Crippen molar-refractivity contribution in [2.75, 3.05) is 7.11 Å². The first kappa shape index (κ1) is 12.8. The van der Waals surface area contributed by atoms with Gasteiger partial charge in [0, 0.05) is 18.7 Å². The maximum absolute atomic E-state index is 11.6. The Hall–Kier alpha value is -2.64. The highest BCUT2D eigenvalue weighted by molar-refractivity contribution is 5.76. The minimum atomic E-state index is -0.667. The van der Waals surface area contributed by atoms with Gasteiger partial charge in [0.05, 0.1) is 24.0 Å². The Balaban J connectivity index is 2.44. The summed E-state index contributed by atoms with van der Waals surface area (Å²) in [7, 11) is 1.24. The van der Waals surface area contributed by atoms with Gasteiger partial charge in [0.2, 0.25) is 0 Å². The molecular formula is C11H10N2O6. The fourth-order valence-electron chi connectivity index (χ4n) is 1.68.